The quantitative estimate of drug-likeness (QED) is 0.445. The minimum atomic E-state index is -0.673. The van der Waals surface area contributed by atoms with E-state index in [9.17, 15) is 9.59 Å². The van der Waals surface area contributed by atoms with Gasteiger partial charge in [-0.3, -0.25) is 9.59 Å². The lowest BCUT2D eigenvalue weighted by Gasteiger charge is -2.40. The molecule has 162 valence electrons. The number of thioether (sulfide) groups is 1. The Morgan fingerprint density at radius 3 is 2.60 bits per heavy atom. The third-order valence-corrected chi connectivity index (χ3v) is 6.51. The van der Waals surface area contributed by atoms with Gasteiger partial charge in [0.05, 0.1) is 17.8 Å². The van der Waals surface area contributed by atoms with Crippen molar-refractivity contribution in [1.82, 2.24) is 15.1 Å². The van der Waals surface area contributed by atoms with E-state index in [-0.39, 0.29) is 17.6 Å². The van der Waals surface area contributed by atoms with Crippen LogP contribution in [0.1, 0.15) is 38.1 Å². The number of likely N-dealkylation sites (tertiary alicyclic amines) is 1. The average Bonchev–Trinajstić information content (AvgIpc) is 3.22. The summed E-state index contributed by atoms with van der Waals surface area (Å²) in [7, 11) is 0. The number of halogens is 1. The van der Waals surface area contributed by atoms with E-state index < -0.39 is 5.41 Å². The zero-order valence-electron chi connectivity index (χ0n) is 17.2. The van der Waals surface area contributed by atoms with Crippen LogP contribution in [0.5, 0.6) is 0 Å². The lowest BCUT2D eigenvalue weighted by atomic mass is 9.73. The number of piperidine rings is 1. The van der Waals surface area contributed by atoms with Crippen molar-refractivity contribution in [2.75, 3.05) is 25.4 Å². The highest BCUT2D eigenvalue weighted by Crippen LogP contribution is 2.38. The maximum absolute atomic E-state index is 12.9. The molecule has 0 radical (unpaired) electrons. The van der Waals surface area contributed by atoms with Crippen LogP contribution in [-0.2, 0) is 27.2 Å². The second kappa shape index (κ2) is 10.3. The largest absolute Gasteiger partial charge is 0.466 e. The van der Waals surface area contributed by atoms with E-state index in [1.807, 2.05) is 31.2 Å². The maximum atomic E-state index is 12.9. The van der Waals surface area contributed by atoms with Crippen molar-refractivity contribution in [3.63, 3.8) is 0 Å². The van der Waals surface area contributed by atoms with Gasteiger partial charge >= 0.3 is 5.97 Å². The summed E-state index contributed by atoms with van der Waals surface area (Å²) < 4.78 is 10.8. The zero-order valence-corrected chi connectivity index (χ0v) is 18.8. The number of benzene rings is 1. The van der Waals surface area contributed by atoms with Crippen LogP contribution >= 0.6 is 23.4 Å². The summed E-state index contributed by atoms with van der Waals surface area (Å²) in [4.78, 5) is 27.3. The maximum Gasteiger partial charge on any atom is 0.312 e. The predicted molar refractivity (Wildman–Crippen MR) is 114 cm³/mol. The highest BCUT2D eigenvalue weighted by molar-refractivity contribution is 7.99. The van der Waals surface area contributed by atoms with Crippen LogP contribution in [0.3, 0.4) is 0 Å². The Morgan fingerprint density at radius 2 is 1.97 bits per heavy atom. The van der Waals surface area contributed by atoms with Crippen molar-refractivity contribution in [3.8, 4) is 0 Å². The fourth-order valence-corrected chi connectivity index (χ4v) is 4.47. The molecule has 0 aliphatic carbocycles. The van der Waals surface area contributed by atoms with Gasteiger partial charge in [0.1, 0.15) is 0 Å². The molecular formula is C21H26ClN3O4S. The SMILES string of the molecule is CCOC(=O)C1(Cc2ccccc2Cl)CCN(C(=O)CSc2nnc(CC)o2)CC1. The molecule has 30 heavy (non-hydrogen) atoms. The van der Waals surface area contributed by atoms with E-state index in [1.165, 1.54) is 11.8 Å². The average molecular weight is 452 g/mol. The molecule has 1 saturated heterocycles. The molecule has 0 bridgehead atoms. The van der Waals surface area contributed by atoms with Gasteiger partial charge in [-0.25, -0.2) is 0 Å². The van der Waals surface area contributed by atoms with Crippen molar-refractivity contribution in [1.29, 1.82) is 0 Å². The number of aromatic nitrogens is 2. The van der Waals surface area contributed by atoms with Crippen LogP contribution in [0, 0.1) is 5.41 Å². The number of esters is 1. The highest BCUT2D eigenvalue weighted by Gasteiger charge is 2.43. The van der Waals surface area contributed by atoms with Crippen LogP contribution in [0.15, 0.2) is 33.9 Å². The van der Waals surface area contributed by atoms with Crippen LogP contribution in [0.2, 0.25) is 5.02 Å². The van der Waals surface area contributed by atoms with E-state index in [0.29, 0.717) is 61.5 Å². The van der Waals surface area contributed by atoms with E-state index >= 15 is 0 Å². The third-order valence-electron chi connectivity index (χ3n) is 5.34. The van der Waals surface area contributed by atoms with E-state index in [2.05, 4.69) is 10.2 Å². The Balaban J connectivity index is 1.63. The second-order valence-electron chi connectivity index (χ2n) is 7.25. The minimum absolute atomic E-state index is 0.00792. The van der Waals surface area contributed by atoms with Crippen molar-refractivity contribution in [2.24, 2.45) is 5.41 Å². The summed E-state index contributed by atoms with van der Waals surface area (Å²) in [6.45, 7) is 5.05. The van der Waals surface area contributed by atoms with Crippen LogP contribution in [0.4, 0.5) is 0 Å². The number of aryl methyl sites for hydroxylation is 1. The monoisotopic (exact) mass is 451 g/mol. The van der Waals surface area contributed by atoms with Crippen LogP contribution in [0.25, 0.3) is 0 Å². The molecule has 2 aromatic rings. The smallest absolute Gasteiger partial charge is 0.312 e. The van der Waals surface area contributed by atoms with Gasteiger partial charge in [0, 0.05) is 24.5 Å². The molecule has 0 spiro atoms. The van der Waals surface area contributed by atoms with Gasteiger partial charge < -0.3 is 14.1 Å². The van der Waals surface area contributed by atoms with E-state index in [0.717, 1.165) is 5.56 Å². The molecule has 0 N–H and O–H groups in total. The molecule has 9 heteroatoms. The summed E-state index contributed by atoms with van der Waals surface area (Å²) in [5, 5.41) is 8.87. The van der Waals surface area contributed by atoms with Crippen molar-refractivity contribution in [2.45, 2.75) is 44.8 Å². The van der Waals surface area contributed by atoms with Gasteiger partial charge in [0.25, 0.3) is 5.22 Å². The van der Waals surface area contributed by atoms with Gasteiger partial charge in [0.2, 0.25) is 11.8 Å². The molecule has 0 atom stereocenters. The first-order valence-corrected chi connectivity index (χ1v) is 11.5. The minimum Gasteiger partial charge on any atom is -0.466 e. The first-order valence-electron chi connectivity index (χ1n) is 10.1. The van der Waals surface area contributed by atoms with Gasteiger partial charge in [-0.15, -0.1) is 10.2 Å². The Labute approximate surface area is 185 Å². The third kappa shape index (κ3) is 5.35. The van der Waals surface area contributed by atoms with E-state index in [1.54, 1.807) is 11.8 Å². The first kappa shape index (κ1) is 22.6. The number of amides is 1. The first-order chi connectivity index (χ1) is 14.5. The van der Waals surface area contributed by atoms with Crippen molar-refractivity contribution >= 4 is 35.2 Å². The predicted octanol–water partition coefficient (Wildman–Crippen LogP) is 3.79. The molecule has 1 aromatic heterocycles. The Kier molecular flexibility index (Phi) is 7.77. The number of carbonyl (C=O) groups is 2. The summed E-state index contributed by atoms with van der Waals surface area (Å²) in [5.41, 5.74) is 0.249. The Hall–Kier alpha value is -2.06. The van der Waals surface area contributed by atoms with Crippen LogP contribution < -0.4 is 0 Å². The number of ether oxygens (including phenoxy) is 1. The normalized spacial score (nSPS) is 15.8. The van der Waals surface area contributed by atoms with Crippen molar-refractivity contribution in [3.05, 3.63) is 40.7 Å². The van der Waals surface area contributed by atoms with Crippen LogP contribution in [-0.4, -0.2) is 52.4 Å². The van der Waals surface area contributed by atoms with Gasteiger partial charge in [-0.05, 0) is 37.8 Å². The second-order valence-corrected chi connectivity index (χ2v) is 8.59. The molecule has 1 aliphatic heterocycles. The number of rotatable bonds is 8. The molecule has 0 unspecified atom stereocenters. The number of carbonyl (C=O) groups excluding carboxylic acids is 2. The molecule has 1 aromatic carbocycles. The summed E-state index contributed by atoms with van der Waals surface area (Å²) in [5.74, 6) is 0.556. The number of nitrogens with zero attached hydrogens (tertiary/aromatic N) is 3. The highest BCUT2D eigenvalue weighted by atomic mass is 35.5. The zero-order chi connectivity index (χ0) is 21.6. The molecule has 1 amide bonds. The number of hydrogen-bond donors (Lipinski definition) is 0. The lowest BCUT2D eigenvalue weighted by Crippen LogP contribution is -2.48. The van der Waals surface area contributed by atoms with Gasteiger partial charge in [-0.1, -0.05) is 48.5 Å². The summed E-state index contributed by atoms with van der Waals surface area (Å²) in [6.07, 6.45) is 2.24. The fourth-order valence-electron chi connectivity index (χ4n) is 3.58. The van der Waals surface area contributed by atoms with Gasteiger partial charge in [0.15, 0.2) is 0 Å². The van der Waals surface area contributed by atoms with Gasteiger partial charge in [-0.2, -0.15) is 0 Å². The van der Waals surface area contributed by atoms with E-state index in [4.69, 9.17) is 20.8 Å². The molecule has 2 heterocycles. The summed E-state index contributed by atoms with van der Waals surface area (Å²) in [6, 6.07) is 7.55. The molecule has 1 aliphatic rings. The fraction of sp³-hybridized carbons (Fsp3) is 0.524. The molecule has 7 nitrogen and oxygen atoms in total. The molecule has 3 rings (SSSR count). The summed E-state index contributed by atoms with van der Waals surface area (Å²) >= 11 is 7.58. The molecular weight excluding hydrogens is 426 g/mol. The Bertz CT molecular complexity index is 881. The lowest BCUT2D eigenvalue weighted by molar-refractivity contribution is -0.160. The molecule has 1 fully saturated rings. The molecule has 0 saturated carbocycles. The Morgan fingerprint density at radius 1 is 1.23 bits per heavy atom. The topological polar surface area (TPSA) is 85.5 Å². The standard InChI is InChI=1S/C21H26ClN3O4S/c1-3-17-23-24-20(29-17)30-14-18(26)25-11-9-21(10-12-25,19(27)28-4-2)13-15-7-5-6-8-16(15)22/h5-8H,3-4,9-14H2,1-2H3. The van der Waals surface area contributed by atoms with Crippen molar-refractivity contribution < 1.29 is 18.7 Å². The number of hydrogen-bond acceptors (Lipinski definition) is 7.